The van der Waals surface area contributed by atoms with Crippen molar-refractivity contribution < 1.29 is 0 Å². The first-order valence-electron chi connectivity index (χ1n) is 7.93. The molecule has 2 aliphatic rings. The summed E-state index contributed by atoms with van der Waals surface area (Å²) in [5.74, 6) is 0.708. The topological polar surface area (TPSA) is 15.6 Å². The molecule has 1 saturated heterocycles. The predicted molar refractivity (Wildman–Crippen MR) is 85.5 cm³/mol. The Morgan fingerprint density at radius 3 is 2.80 bits per heavy atom. The fourth-order valence-corrected chi connectivity index (χ4v) is 3.63. The molecule has 0 aromatic heterocycles. The number of aryl methyl sites for hydroxylation is 1. The average Bonchev–Trinajstić information content (AvgIpc) is 2.44. The summed E-state index contributed by atoms with van der Waals surface area (Å²) in [4.78, 5) is 7.24. The van der Waals surface area contributed by atoms with Gasteiger partial charge in [0.2, 0.25) is 0 Å². The largest absolute Gasteiger partial charge is 0.359 e. The van der Waals surface area contributed by atoms with Crippen molar-refractivity contribution in [2.45, 2.75) is 64.0 Å². The van der Waals surface area contributed by atoms with Crippen LogP contribution in [0.1, 0.15) is 57.1 Å². The van der Waals surface area contributed by atoms with Crippen molar-refractivity contribution in [3.8, 4) is 0 Å². The van der Waals surface area contributed by atoms with E-state index in [1.807, 2.05) is 0 Å². The van der Waals surface area contributed by atoms with Gasteiger partial charge in [-0.2, -0.15) is 0 Å². The van der Waals surface area contributed by atoms with Crippen LogP contribution >= 0.6 is 0 Å². The van der Waals surface area contributed by atoms with Gasteiger partial charge in [0.1, 0.15) is 0 Å². The molecular weight excluding hydrogens is 244 g/mol. The molecule has 0 unspecified atom stereocenters. The van der Waals surface area contributed by atoms with Crippen LogP contribution in [-0.4, -0.2) is 29.4 Å². The van der Waals surface area contributed by atoms with Crippen LogP contribution in [-0.2, 0) is 6.42 Å². The molecule has 1 aromatic rings. The number of aliphatic imine (C=N–C) groups is 1. The highest BCUT2D eigenvalue weighted by Gasteiger charge is 2.35. The van der Waals surface area contributed by atoms with Gasteiger partial charge < -0.3 is 4.90 Å². The van der Waals surface area contributed by atoms with Crippen molar-refractivity contribution in [3.63, 3.8) is 0 Å². The van der Waals surface area contributed by atoms with E-state index < -0.39 is 0 Å². The Morgan fingerprint density at radius 2 is 2.00 bits per heavy atom. The summed E-state index contributed by atoms with van der Waals surface area (Å²) in [7, 11) is 0. The zero-order chi connectivity index (χ0) is 14.2. The van der Waals surface area contributed by atoms with Crippen molar-refractivity contribution in [3.05, 3.63) is 35.4 Å². The molecule has 0 radical (unpaired) electrons. The van der Waals surface area contributed by atoms with Crippen LogP contribution in [0.15, 0.2) is 29.3 Å². The second-order valence-electron chi connectivity index (χ2n) is 7.21. The maximum Gasteiger partial charge on any atom is 0.0859 e. The van der Waals surface area contributed by atoms with Crippen LogP contribution in [0.5, 0.6) is 0 Å². The molecule has 1 aliphatic carbocycles. The van der Waals surface area contributed by atoms with Crippen molar-refractivity contribution in [2.75, 3.05) is 6.54 Å². The minimum absolute atomic E-state index is 0.0273. The van der Waals surface area contributed by atoms with Crippen LogP contribution in [0.3, 0.4) is 0 Å². The van der Waals surface area contributed by atoms with Gasteiger partial charge in [0.25, 0.3) is 0 Å². The van der Waals surface area contributed by atoms with E-state index in [-0.39, 0.29) is 5.54 Å². The van der Waals surface area contributed by atoms with Crippen molar-refractivity contribution in [1.29, 1.82) is 0 Å². The molecule has 108 valence electrons. The quantitative estimate of drug-likeness (QED) is 0.556. The Balaban J connectivity index is 1.83. The lowest BCUT2D eigenvalue weighted by atomic mass is 9.74. The van der Waals surface area contributed by atoms with Crippen molar-refractivity contribution >= 4 is 6.34 Å². The fraction of sp³-hybridized carbons (Fsp3) is 0.611. The van der Waals surface area contributed by atoms with Gasteiger partial charge in [-0.25, -0.2) is 0 Å². The number of likely N-dealkylation sites (tertiary alicyclic amines) is 1. The number of piperidine rings is 1. The summed E-state index contributed by atoms with van der Waals surface area (Å²) >= 11 is 0. The summed E-state index contributed by atoms with van der Waals surface area (Å²) in [5.41, 5.74) is 3.19. The zero-order valence-electron chi connectivity index (χ0n) is 13.0. The van der Waals surface area contributed by atoms with Crippen LogP contribution in [0, 0.1) is 0 Å². The summed E-state index contributed by atoms with van der Waals surface area (Å²) in [5, 5.41) is 0. The molecule has 0 saturated carbocycles. The molecule has 1 fully saturated rings. The van der Waals surface area contributed by atoms with Gasteiger partial charge in [0, 0.05) is 18.5 Å². The normalized spacial score (nSPS) is 26.4. The van der Waals surface area contributed by atoms with Gasteiger partial charge in [0.15, 0.2) is 0 Å². The molecule has 2 heteroatoms. The lowest BCUT2D eigenvalue weighted by Crippen LogP contribution is -2.45. The Labute approximate surface area is 122 Å². The molecule has 3 rings (SSSR count). The average molecular weight is 270 g/mol. The first-order valence-corrected chi connectivity index (χ1v) is 7.93. The smallest absolute Gasteiger partial charge is 0.0859 e. The van der Waals surface area contributed by atoms with Crippen LogP contribution in [0.2, 0.25) is 0 Å². The Morgan fingerprint density at radius 1 is 1.20 bits per heavy atom. The number of fused-ring (bicyclic) bond motifs is 3. The molecule has 2 nitrogen and oxygen atoms in total. The van der Waals surface area contributed by atoms with Crippen molar-refractivity contribution in [1.82, 2.24) is 4.90 Å². The number of benzene rings is 1. The summed E-state index contributed by atoms with van der Waals surface area (Å²) < 4.78 is 0. The van der Waals surface area contributed by atoms with Gasteiger partial charge >= 0.3 is 0 Å². The monoisotopic (exact) mass is 270 g/mol. The van der Waals surface area contributed by atoms with E-state index in [2.05, 4.69) is 56.3 Å². The SMILES string of the molecule is CC(C)(C)N=CN1CCC[C@H]2c3ccccc3CC[C@H]21. The summed E-state index contributed by atoms with van der Waals surface area (Å²) in [6, 6.07) is 9.69. The summed E-state index contributed by atoms with van der Waals surface area (Å²) in [6.45, 7) is 7.67. The van der Waals surface area contributed by atoms with E-state index >= 15 is 0 Å². The van der Waals surface area contributed by atoms with Crippen LogP contribution in [0.4, 0.5) is 0 Å². The Hall–Kier alpha value is -1.31. The first-order chi connectivity index (χ1) is 9.54. The van der Waals surface area contributed by atoms with Gasteiger partial charge in [-0.1, -0.05) is 24.3 Å². The number of rotatable bonds is 1. The minimum Gasteiger partial charge on any atom is -0.359 e. The highest BCUT2D eigenvalue weighted by atomic mass is 15.2. The lowest BCUT2D eigenvalue weighted by molar-refractivity contribution is 0.195. The standard InChI is InChI=1S/C18H26N2/c1-18(2,3)19-13-20-12-6-9-16-15-8-5-4-7-14(15)10-11-17(16)20/h4-5,7-8,13,16-17H,6,9-12H2,1-3H3/t16-,17+/m0/s1. The van der Waals surface area contributed by atoms with E-state index in [1.54, 1.807) is 11.1 Å². The third kappa shape index (κ3) is 2.74. The number of hydrogen-bond donors (Lipinski definition) is 0. The van der Waals surface area contributed by atoms with Gasteiger partial charge in [-0.05, 0) is 57.6 Å². The lowest BCUT2D eigenvalue weighted by Gasteiger charge is -2.44. The minimum atomic E-state index is 0.0273. The molecule has 1 aromatic carbocycles. The molecule has 0 amide bonds. The third-order valence-electron chi connectivity index (χ3n) is 4.58. The van der Waals surface area contributed by atoms with Gasteiger partial charge in [-0.3, -0.25) is 4.99 Å². The van der Waals surface area contributed by atoms with Gasteiger partial charge in [0.05, 0.1) is 11.9 Å². The molecular formula is C18H26N2. The molecule has 1 heterocycles. The third-order valence-corrected chi connectivity index (χ3v) is 4.58. The fourth-order valence-electron chi connectivity index (χ4n) is 3.63. The first kappa shape index (κ1) is 13.7. The second kappa shape index (κ2) is 5.23. The molecule has 0 N–H and O–H groups in total. The Bertz CT molecular complexity index is 498. The predicted octanol–water partition coefficient (Wildman–Crippen LogP) is 4.01. The maximum absolute atomic E-state index is 4.73. The van der Waals surface area contributed by atoms with E-state index in [0.29, 0.717) is 12.0 Å². The van der Waals surface area contributed by atoms with E-state index in [9.17, 15) is 0 Å². The second-order valence-corrected chi connectivity index (χ2v) is 7.21. The Kier molecular flexibility index (Phi) is 3.57. The van der Waals surface area contributed by atoms with Crippen molar-refractivity contribution in [2.24, 2.45) is 4.99 Å². The molecule has 20 heavy (non-hydrogen) atoms. The van der Waals surface area contributed by atoms with E-state index in [1.165, 1.54) is 32.2 Å². The zero-order valence-corrected chi connectivity index (χ0v) is 13.0. The van der Waals surface area contributed by atoms with Gasteiger partial charge in [-0.15, -0.1) is 0 Å². The summed E-state index contributed by atoms with van der Waals surface area (Å²) in [6.07, 6.45) is 7.24. The van der Waals surface area contributed by atoms with E-state index in [4.69, 9.17) is 4.99 Å². The number of hydrogen-bond acceptors (Lipinski definition) is 1. The number of nitrogens with zero attached hydrogens (tertiary/aromatic N) is 2. The molecule has 2 atom stereocenters. The highest BCUT2D eigenvalue weighted by Crippen LogP contribution is 2.40. The molecule has 0 spiro atoms. The maximum atomic E-state index is 4.73. The van der Waals surface area contributed by atoms with Crippen LogP contribution < -0.4 is 0 Å². The molecule has 0 bridgehead atoms. The van der Waals surface area contributed by atoms with E-state index in [0.717, 1.165) is 0 Å². The van der Waals surface area contributed by atoms with Crippen LogP contribution in [0.25, 0.3) is 0 Å². The highest BCUT2D eigenvalue weighted by molar-refractivity contribution is 5.57. The molecule has 1 aliphatic heterocycles.